The normalized spacial score (nSPS) is 10.5. The molecule has 1 aromatic carbocycles. The number of hydrogen-bond donors (Lipinski definition) is 0. The molecule has 1 aromatic heterocycles. The summed E-state index contributed by atoms with van der Waals surface area (Å²) in [4.78, 5) is 4.58. The Morgan fingerprint density at radius 3 is 2.67 bits per heavy atom. The van der Waals surface area contributed by atoms with Gasteiger partial charge in [0.25, 0.3) is 0 Å². The predicted molar refractivity (Wildman–Crippen MR) is 66.6 cm³/mol. The quantitative estimate of drug-likeness (QED) is 0.770. The minimum atomic E-state index is 0.766. The van der Waals surface area contributed by atoms with Crippen molar-refractivity contribution in [3.63, 3.8) is 0 Å². The Morgan fingerprint density at radius 1 is 1.27 bits per heavy atom. The van der Waals surface area contributed by atoms with Gasteiger partial charge in [-0.25, -0.2) is 4.98 Å². The van der Waals surface area contributed by atoms with E-state index >= 15 is 0 Å². The van der Waals surface area contributed by atoms with Crippen LogP contribution in [0, 0.1) is 0 Å². The number of aryl methyl sites for hydroxylation is 1. The van der Waals surface area contributed by atoms with Gasteiger partial charge in [0.2, 0.25) is 0 Å². The molecule has 1 heterocycles. The second-order valence-electron chi connectivity index (χ2n) is 3.38. The van der Waals surface area contributed by atoms with Crippen molar-refractivity contribution in [2.24, 2.45) is 0 Å². The van der Waals surface area contributed by atoms with E-state index in [1.807, 2.05) is 24.3 Å². The molecular weight excluding hydrogens is 226 g/mol. The van der Waals surface area contributed by atoms with Crippen LogP contribution in [0.15, 0.2) is 29.6 Å². The van der Waals surface area contributed by atoms with Crippen LogP contribution in [0.3, 0.4) is 0 Å². The minimum absolute atomic E-state index is 0.766. The molecule has 0 N–H and O–H groups in total. The number of thiazole rings is 1. The van der Waals surface area contributed by atoms with Crippen LogP contribution in [0.4, 0.5) is 0 Å². The maximum Gasteiger partial charge on any atom is 0.0932 e. The molecule has 0 saturated carbocycles. The van der Waals surface area contributed by atoms with Gasteiger partial charge in [-0.15, -0.1) is 11.3 Å². The fraction of sp³-hybridized carbons (Fsp3) is 0.250. The van der Waals surface area contributed by atoms with Gasteiger partial charge in [0, 0.05) is 16.0 Å². The number of nitrogens with zero attached hydrogens (tertiary/aromatic N) is 1. The van der Waals surface area contributed by atoms with Crippen molar-refractivity contribution in [3.05, 3.63) is 39.7 Å². The molecule has 0 unspecified atom stereocenters. The maximum absolute atomic E-state index is 5.84. The van der Waals surface area contributed by atoms with E-state index in [4.69, 9.17) is 11.6 Å². The zero-order valence-electron chi connectivity index (χ0n) is 8.53. The van der Waals surface area contributed by atoms with Crippen LogP contribution < -0.4 is 0 Å². The first-order valence-electron chi connectivity index (χ1n) is 5.00. The van der Waals surface area contributed by atoms with Gasteiger partial charge >= 0.3 is 0 Å². The van der Waals surface area contributed by atoms with E-state index in [9.17, 15) is 0 Å². The SMILES string of the molecule is CCCc1nc(-c2ccc(Cl)cc2)cs1. The van der Waals surface area contributed by atoms with Gasteiger partial charge in [-0.2, -0.15) is 0 Å². The Bertz CT molecular complexity index is 433. The summed E-state index contributed by atoms with van der Waals surface area (Å²) in [5, 5.41) is 4.08. The second-order valence-corrected chi connectivity index (χ2v) is 4.76. The van der Waals surface area contributed by atoms with Crippen LogP contribution in [0.1, 0.15) is 18.4 Å². The molecule has 15 heavy (non-hydrogen) atoms. The average Bonchev–Trinajstić information content (AvgIpc) is 2.68. The highest BCUT2D eigenvalue weighted by molar-refractivity contribution is 7.09. The molecular formula is C12H12ClNS. The van der Waals surface area contributed by atoms with Gasteiger partial charge in [0.05, 0.1) is 10.7 Å². The Morgan fingerprint density at radius 2 is 2.00 bits per heavy atom. The highest BCUT2D eigenvalue weighted by Gasteiger charge is 2.03. The van der Waals surface area contributed by atoms with Crippen molar-refractivity contribution < 1.29 is 0 Å². The lowest BCUT2D eigenvalue weighted by molar-refractivity contribution is 0.910. The van der Waals surface area contributed by atoms with E-state index in [0.717, 1.165) is 29.1 Å². The lowest BCUT2D eigenvalue weighted by atomic mass is 10.2. The molecule has 78 valence electrons. The molecule has 0 amide bonds. The molecule has 0 aliphatic carbocycles. The van der Waals surface area contributed by atoms with Crippen molar-refractivity contribution >= 4 is 22.9 Å². The minimum Gasteiger partial charge on any atom is -0.241 e. The third-order valence-corrected chi connectivity index (χ3v) is 3.32. The summed E-state index contributed by atoms with van der Waals surface area (Å²) in [6.07, 6.45) is 2.21. The van der Waals surface area contributed by atoms with Gasteiger partial charge in [-0.05, 0) is 25.0 Å². The van der Waals surface area contributed by atoms with Crippen LogP contribution in [0.5, 0.6) is 0 Å². The van der Waals surface area contributed by atoms with Gasteiger partial charge in [0.15, 0.2) is 0 Å². The summed E-state index contributed by atoms with van der Waals surface area (Å²) in [5.41, 5.74) is 2.19. The van der Waals surface area contributed by atoms with Crippen molar-refractivity contribution in [3.8, 4) is 11.3 Å². The lowest BCUT2D eigenvalue weighted by Crippen LogP contribution is -1.82. The molecule has 0 atom stereocenters. The largest absolute Gasteiger partial charge is 0.241 e. The van der Waals surface area contributed by atoms with Crippen LogP contribution in [0.2, 0.25) is 5.02 Å². The van der Waals surface area contributed by atoms with Gasteiger partial charge in [-0.1, -0.05) is 30.7 Å². The van der Waals surface area contributed by atoms with Crippen LogP contribution >= 0.6 is 22.9 Å². The van der Waals surface area contributed by atoms with E-state index in [0.29, 0.717) is 0 Å². The number of benzene rings is 1. The zero-order chi connectivity index (χ0) is 10.7. The number of aromatic nitrogens is 1. The van der Waals surface area contributed by atoms with E-state index in [1.165, 1.54) is 5.01 Å². The second kappa shape index (κ2) is 4.77. The van der Waals surface area contributed by atoms with E-state index in [-0.39, 0.29) is 0 Å². The molecule has 3 heteroatoms. The van der Waals surface area contributed by atoms with Crippen molar-refractivity contribution in [1.29, 1.82) is 0 Å². The highest BCUT2D eigenvalue weighted by atomic mass is 35.5. The van der Waals surface area contributed by atoms with E-state index in [2.05, 4.69) is 17.3 Å². The molecule has 1 nitrogen and oxygen atoms in total. The topological polar surface area (TPSA) is 12.9 Å². The Kier molecular flexibility index (Phi) is 3.39. The number of halogens is 1. The molecule has 2 rings (SSSR count). The predicted octanol–water partition coefficient (Wildman–Crippen LogP) is 4.42. The Labute approximate surface area is 98.7 Å². The summed E-state index contributed by atoms with van der Waals surface area (Å²) < 4.78 is 0. The molecule has 0 bridgehead atoms. The van der Waals surface area contributed by atoms with E-state index < -0.39 is 0 Å². The molecule has 0 spiro atoms. The highest BCUT2D eigenvalue weighted by Crippen LogP contribution is 2.23. The number of rotatable bonds is 3. The number of hydrogen-bond acceptors (Lipinski definition) is 2. The van der Waals surface area contributed by atoms with E-state index in [1.54, 1.807) is 11.3 Å². The average molecular weight is 238 g/mol. The first-order valence-corrected chi connectivity index (χ1v) is 6.25. The Hall–Kier alpha value is -0.860. The zero-order valence-corrected chi connectivity index (χ0v) is 10.1. The molecule has 0 radical (unpaired) electrons. The van der Waals surface area contributed by atoms with Crippen LogP contribution in [0.25, 0.3) is 11.3 Å². The third-order valence-electron chi connectivity index (χ3n) is 2.16. The van der Waals surface area contributed by atoms with Gasteiger partial charge < -0.3 is 0 Å². The summed E-state index contributed by atoms with van der Waals surface area (Å²) in [7, 11) is 0. The molecule has 2 aromatic rings. The first-order chi connectivity index (χ1) is 7.29. The summed E-state index contributed by atoms with van der Waals surface area (Å²) in [6, 6.07) is 7.81. The summed E-state index contributed by atoms with van der Waals surface area (Å²) >= 11 is 7.57. The monoisotopic (exact) mass is 237 g/mol. The van der Waals surface area contributed by atoms with Crippen molar-refractivity contribution in [2.45, 2.75) is 19.8 Å². The molecule has 0 saturated heterocycles. The fourth-order valence-corrected chi connectivity index (χ4v) is 2.43. The van der Waals surface area contributed by atoms with Crippen molar-refractivity contribution in [1.82, 2.24) is 4.98 Å². The van der Waals surface area contributed by atoms with Crippen LogP contribution in [-0.2, 0) is 6.42 Å². The lowest BCUT2D eigenvalue weighted by Gasteiger charge is -1.96. The third kappa shape index (κ3) is 2.58. The molecule has 0 aliphatic rings. The molecule has 0 aliphatic heterocycles. The maximum atomic E-state index is 5.84. The first kappa shape index (κ1) is 10.7. The van der Waals surface area contributed by atoms with Crippen LogP contribution in [-0.4, -0.2) is 4.98 Å². The summed E-state index contributed by atoms with van der Waals surface area (Å²) in [5.74, 6) is 0. The summed E-state index contributed by atoms with van der Waals surface area (Å²) in [6.45, 7) is 2.17. The Balaban J connectivity index is 2.25. The fourth-order valence-electron chi connectivity index (χ4n) is 1.39. The van der Waals surface area contributed by atoms with Gasteiger partial charge in [0.1, 0.15) is 0 Å². The van der Waals surface area contributed by atoms with Gasteiger partial charge in [-0.3, -0.25) is 0 Å². The standard InChI is InChI=1S/C12H12ClNS/c1-2-3-12-14-11(8-15-12)9-4-6-10(13)7-5-9/h4-8H,2-3H2,1H3. The molecule has 0 fully saturated rings. The van der Waals surface area contributed by atoms with Crippen molar-refractivity contribution in [2.75, 3.05) is 0 Å². The smallest absolute Gasteiger partial charge is 0.0932 e.